The van der Waals surface area contributed by atoms with E-state index in [2.05, 4.69) is 0 Å². The molecule has 0 amide bonds. The Balaban J connectivity index is 1.76. The van der Waals surface area contributed by atoms with Crippen LogP contribution >= 0.6 is 0 Å². The average molecular weight is 430 g/mol. The lowest BCUT2D eigenvalue weighted by Gasteiger charge is -2.20. The van der Waals surface area contributed by atoms with Crippen LogP contribution in [-0.4, -0.2) is 35.0 Å². The molecule has 4 rings (SSSR count). The van der Waals surface area contributed by atoms with Gasteiger partial charge in [-0.1, -0.05) is 24.3 Å². The SMILES string of the molecule is CCOc1ccc(C2=CC(=O)c3c(O)c(-c4ccc(OCC)cc4)cc(O)c3C2=O)cc1. The Labute approximate surface area is 185 Å². The summed E-state index contributed by atoms with van der Waals surface area (Å²) in [6.07, 6.45) is 1.20. The normalized spacial score (nSPS) is 12.9. The Kier molecular flexibility index (Phi) is 5.69. The Morgan fingerprint density at radius 1 is 0.750 bits per heavy atom. The first-order valence-electron chi connectivity index (χ1n) is 10.3. The minimum Gasteiger partial charge on any atom is -0.507 e. The number of hydrogen-bond donors (Lipinski definition) is 2. The lowest BCUT2D eigenvalue weighted by atomic mass is 9.83. The number of aromatic hydroxyl groups is 2. The van der Waals surface area contributed by atoms with Crippen LogP contribution in [0.15, 0.2) is 60.7 Å². The highest BCUT2D eigenvalue weighted by Gasteiger charge is 2.33. The zero-order valence-corrected chi connectivity index (χ0v) is 17.7. The monoisotopic (exact) mass is 430 g/mol. The Bertz CT molecular complexity index is 1220. The van der Waals surface area contributed by atoms with Crippen LogP contribution in [0.2, 0.25) is 0 Å². The third kappa shape index (κ3) is 3.71. The van der Waals surface area contributed by atoms with Gasteiger partial charge in [0.1, 0.15) is 23.0 Å². The van der Waals surface area contributed by atoms with Gasteiger partial charge in [0.2, 0.25) is 0 Å². The van der Waals surface area contributed by atoms with Gasteiger partial charge >= 0.3 is 0 Å². The van der Waals surface area contributed by atoms with Crippen molar-refractivity contribution in [3.63, 3.8) is 0 Å². The molecule has 1 aliphatic carbocycles. The van der Waals surface area contributed by atoms with Crippen LogP contribution < -0.4 is 9.47 Å². The van der Waals surface area contributed by atoms with Crippen molar-refractivity contribution in [3.8, 4) is 34.1 Å². The third-order valence-electron chi connectivity index (χ3n) is 5.23. The van der Waals surface area contributed by atoms with Gasteiger partial charge in [0.05, 0.1) is 24.3 Å². The highest BCUT2D eigenvalue weighted by atomic mass is 16.5. The number of Topliss-reactive ketones (excluding diaryl/α,β-unsaturated/α-hetero) is 1. The molecule has 3 aromatic carbocycles. The van der Waals surface area contributed by atoms with Gasteiger partial charge in [0, 0.05) is 11.1 Å². The summed E-state index contributed by atoms with van der Waals surface area (Å²) in [5.41, 5.74) is 1.09. The second-order valence-corrected chi connectivity index (χ2v) is 7.21. The van der Waals surface area contributed by atoms with Crippen LogP contribution in [0.3, 0.4) is 0 Å². The first-order chi connectivity index (χ1) is 15.4. The number of phenolic OH excluding ortho intramolecular Hbond substituents is 2. The average Bonchev–Trinajstić information content (AvgIpc) is 2.79. The quantitative estimate of drug-likeness (QED) is 0.533. The van der Waals surface area contributed by atoms with Gasteiger partial charge in [0.25, 0.3) is 0 Å². The molecule has 0 unspecified atom stereocenters. The molecule has 0 heterocycles. The molecule has 0 aromatic heterocycles. The third-order valence-corrected chi connectivity index (χ3v) is 5.23. The second-order valence-electron chi connectivity index (χ2n) is 7.21. The number of benzene rings is 3. The molecule has 2 N–H and O–H groups in total. The standard InChI is InChI=1S/C26H22O6/c1-3-31-17-9-5-15(6-10-17)19-13-21(27)24-23(25(19)29)22(28)14-20(26(24)30)16-7-11-18(12-8-16)32-4-2/h5-14,27,29H,3-4H2,1-2H3. The zero-order valence-electron chi connectivity index (χ0n) is 17.7. The minimum absolute atomic E-state index is 0.147. The van der Waals surface area contributed by atoms with E-state index >= 15 is 0 Å². The lowest BCUT2D eigenvalue weighted by molar-refractivity contribution is 0.0997. The first-order valence-corrected chi connectivity index (χ1v) is 10.3. The number of carbonyl (C=O) groups is 2. The molecule has 0 spiro atoms. The summed E-state index contributed by atoms with van der Waals surface area (Å²) < 4.78 is 10.8. The predicted molar refractivity (Wildman–Crippen MR) is 121 cm³/mol. The van der Waals surface area contributed by atoms with E-state index in [-0.39, 0.29) is 33.8 Å². The fraction of sp³-hybridized carbons (Fsp3) is 0.154. The van der Waals surface area contributed by atoms with Crippen molar-refractivity contribution in [1.29, 1.82) is 0 Å². The van der Waals surface area contributed by atoms with Crippen LogP contribution in [0.1, 0.15) is 40.1 Å². The molecule has 0 atom stereocenters. The van der Waals surface area contributed by atoms with Crippen molar-refractivity contribution in [1.82, 2.24) is 0 Å². The van der Waals surface area contributed by atoms with Crippen molar-refractivity contribution in [2.75, 3.05) is 13.2 Å². The van der Waals surface area contributed by atoms with Crippen molar-refractivity contribution in [2.45, 2.75) is 13.8 Å². The molecule has 0 bridgehead atoms. The van der Waals surface area contributed by atoms with Crippen LogP contribution in [0, 0.1) is 0 Å². The molecule has 0 aliphatic heterocycles. The number of ketones is 2. The molecule has 162 valence electrons. The predicted octanol–water partition coefficient (Wildman–Crippen LogP) is 5.02. The van der Waals surface area contributed by atoms with Gasteiger partial charge in [-0.25, -0.2) is 0 Å². The van der Waals surface area contributed by atoms with Gasteiger partial charge in [-0.2, -0.15) is 0 Å². The molecule has 1 aliphatic rings. The van der Waals surface area contributed by atoms with E-state index < -0.39 is 11.6 Å². The first kappa shape index (κ1) is 21.2. The van der Waals surface area contributed by atoms with Crippen molar-refractivity contribution < 1.29 is 29.3 Å². The fourth-order valence-electron chi connectivity index (χ4n) is 3.76. The van der Waals surface area contributed by atoms with Gasteiger partial charge in [-0.15, -0.1) is 0 Å². The molecule has 6 heteroatoms. The molecule has 6 nitrogen and oxygen atoms in total. The molecule has 0 fully saturated rings. The van der Waals surface area contributed by atoms with E-state index in [9.17, 15) is 19.8 Å². The summed E-state index contributed by atoms with van der Waals surface area (Å²) in [5, 5.41) is 21.5. The summed E-state index contributed by atoms with van der Waals surface area (Å²) in [6, 6.07) is 15.0. The molecule has 32 heavy (non-hydrogen) atoms. The zero-order chi connectivity index (χ0) is 22.8. The maximum Gasteiger partial charge on any atom is 0.198 e. The lowest BCUT2D eigenvalue weighted by Crippen LogP contribution is -2.17. The Hall–Kier alpha value is -4.06. The summed E-state index contributed by atoms with van der Waals surface area (Å²) in [4.78, 5) is 26.1. The summed E-state index contributed by atoms with van der Waals surface area (Å²) >= 11 is 0. The molecular formula is C26H22O6. The smallest absolute Gasteiger partial charge is 0.198 e. The van der Waals surface area contributed by atoms with Crippen LogP contribution in [0.4, 0.5) is 0 Å². The van der Waals surface area contributed by atoms with E-state index in [1.165, 1.54) is 12.1 Å². The van der Waals surface area contributed by atoms with Crippen LogP contribution in [0.25, 0.3) is 16.7 Å². The molecular weight excluding hydrogens is 408 g/mol. The van der Waals surface area contributed by atoms with Crippen LogP contribution in [0.5, 0.6) is 23.0 Å². The van der Waals surface area contributed by atoms with Gasteiger partial charge < -0.3 is 19.7 Å². The van der Waals surface area contributed by atoms with Crippen molar-refractivity contribution >= 4 is 17.1 Å². The number of allylic oxidation sites excluding steroid dienone is 2. The number of ether oxygens (including phenoxy) is 2. The number of hydrogen-bond acceptors (Lipinski definition) is 6. The second kappa shape index (κ2) is 8.59. The topological polar surface area (TPSA) is 93.1 Å². The summed E-state index contributed by atoms with van der Waals surface area (Å²) in [5.74, 6) is -0.489. The highest BCUT2D eigenvalue weighted by molar-refractivity contribution is 6.40. The van der Waals surface area contributed by atoms with Gasteiger partial charge in [0.15, 0.2) is 11.6 Å². The fourth-order valence-corrected chi connectivity index (χ4v) is 3.76. The minimum atomic E-state index is -0.552. The number of rotatable bonds is 6. The van der Waals surface area contributed by atoms with Gasteiger partial charge in [-0.3, -0.25) is 9.59 Å². The molecule has 0 radical (unpaired) electrons. The number of carbonyl (C=O) groups excluding carboxylic acids is 2. The molecule has 0 saturated heterocycles. The van der Waals surface area contributed by atoms with Crippen molar-refractivity contribution in [2.24, 2.45) is 0 Å². The van der Waals surface area contributed by atoms with E-state index in [0.29, 0.717) is 35.8 Å². The van der Waals surface area contributed by atoms with E-state index in [1.807, 2.05) is 13.8 Å². The maximum atomic E-state index is 13.2. The highest BCUT2D eigenvalue weighted by Crippen LogP contribution is 2.43. The van der Waals surface area contributed by atoms with E-state index in [1.54, 1.807) is 48.5 Å². The number of phenols is 2. The molecule has 3 aromatic rings. The maximum absolute atomic E-state index is 13.2. The number of fused-ring (bicyclic) bond motifs is 1. The summed E-state index contributed by atoms with van der Waals surface area (Å²) in [6.45, 7) is 4.77. The largest absolute Gasteiger partial charge is 0.507 e. The van der Waals surface area contributed by atoms with Crippen LogP contribution in [-0.2, 0) is 0 Å². The molecule has 0 saturated carbocycles. The van der Waals surface area contributed by atoms with Gasteiger partial charge in [-0.05, 0) is 61.4 Å². The summed E-state index contributed by atoms with van der Waals surface area (Å²) in [7, 11) is 0. The van der Waals surface area contributed by atoms with Crippen molar-refractivity contribution in [3.05, 3.63) is 77.4 Å². The van der Waals surface area contributed by atoms with E-state index in [0.717, 1.165) is 0 Å². The Morgan fingerprint density at radius 3 is 1.81 bits per heavy atom. The Morgan fingerprint density at radius 2 is 1.28 bits per heavy atom. The van der Waals surface area contributed by atoms with E-state index in [4.69, 9.17) is 9.47 Å².